The van der Waals surface area contributed by atoms with E-state index in [0.717, 1.165) is 25.7 Å². The van der Waals surface area contributed by atoms with Gasteiger partial charge in [0.15, 0.2) is 0 Å². The highest BCUT2D eigenvalue weighted by molar-refractivity contribution is 7.09. The summed E-state index contributed by atoms with van der Waals surface area (Å²) in [6, 6.07) is 2.61. The Morgan fingerprint density at radius 1 is 1.26 bits per heavy atom. The third kappa shape index (κ3) is 6.46. The van der Waals surface area contributed by atoms with Crippen molar-refractivity contribution >= 4 is 28.4 Å². The van der Waals surface area contributed by atoms with E-state index in [4.69, 9.17) is 0 Å². The maximum Gasteiger partial charge on any atom is 0.323 e. The number of aromatic nitrogens is 2. The van der Waals surface area contributed by atoms with Gasteiger partial charge in [-0.3, -0.25) is 5.32 Å². The van der Waals surface area contributed by atoms with Crippen LogP contribution in [0.1, 0.15) is 43.5 Å². The molecular weight excluding hydrogens is 420 g/mol. The first-order chi connectivity index (χ1) is 14.8. The van der Waals surface area contributed by atoms with Crippen molar-refractivity contribution in [2.45, 2.75) is 45.4 Å². The SMILES string of the molecule is Cc1nsc(NC(=O)N2CCC/C(=C/CCCc3c(F)cc(N(C)C)cc3F)CC2)n1. The Hall–Kier alpha value is -2.55. The Bertz CT molecular complexity index is 921. The largest absolute Gasteiger partial charge is 0.377 e. The summed E-state index contributed by atoms with van der Waals surface area (Å²) in [4.78, 5) is 20.1. The van der Waals surface area contributed by atoms with E-state index in [9.17, 15) is 13.6 Å². The number of unbranched alkanes of at least 4 members (excludes halogenated alkanes) is 1. The molecule has 9 heteroatoms. The average Bonchev–Trinajstić information content (AvgIpc) is 2.97. The molecule has 31 heavy (non-hydrogen) atoms. The van der Waals surface area contributed by atoms with Crippen molar-refractivity contribution in [3.8, 4) is 0 Å². The fourth-order valence-corrected chi connectivity index (χ4v) is 4.17. The van der Waals surface area contributed by atoms with Crippen molar-refractivity contribution in [1.29, 1.82) is 0 Å². The molecule has 1 aromatic heterocycles. The molecule has 2 heterocycles. The van der Waals surface area contributed by atoms with Crippen molar-refractivity contribution in [2.24, 2.45) is 0 Å². The molecule has 2 aromatic rings. The van der Waals surface area contributed by atoms with Gasteiger partial charge in [0.1, 0.15) is 17.5 Å². The Labute approximate surface area is 186 Å². The van der Waals surface area contributed by atoms with Gasteiger partial charge in [-0.15, -0.1) is 0 Å². The van der Waals surface area contributed by atoms with Gasteiger partial charge in [-0.05, 0) is 57.6 Å². The zero-order valence-corrected chi connectivity index (χ0v) is 19.1. The lowest BCUT2D eigenvalue weighted by molar-refractivity contribution is 0.214. The van der Waals surface area contributed by atoms with Crippen molar-refractivity contribution in [2.75, 3.05) is 37.4 Å². The molecule has 0 unspecified atom stereocenters. The predicted octanol–water partition coefficient (Wildman–Crippen LogP) is 5.16. The van der Waals surface area contributed by atoms with Crippen LogP contribution in [-0.4, -0.2) is 47.5 Å². The number of anilines is 2. The van der Waals surface area contributed by atoms with E-state index in [1.807, 2.05) is 0 Å². The van der Waals surface area contributed by atoms with Gasteiger partial charge < -0.3 is 9.80 Å². The number of allylic oxidation sites excluding steroid dienone is 1. The van der Waals surface area contributed by atoms with Crippen LogP contribution in [-0.2, 0) is 6.42 Å². The Morgan fingerprint density at radius 3 is 2.65 bits per heavy atom. The maximum atomic E-state index is 14.3. The van der Waals surface area contributed by atoms with Crippen LogP contribution in [0.15, 0.2) is 23.8 Å². The van der Waals surface area contributed by atoms with Crippen molar-refractivity contribution in [3.63, 3.8) is 0 Å². The summed E-state index contributed by atoms with van der Waals surface area (Å²) in [7, 11) is 3.52. The van der Waals surface area contributed by atoms with E-state index in [1.54, 1.807) is 30.8 Å². The lowest BCUT2D eigenvalue weighted by Gasteiger charge is -2.19. The van der Waals surface area contributed by atoms with Crippen LogP contribution in [0, 0.1) is 18.6 Å². The first-order valence-electron chi connectivity index (χ1n) is 10.5. The molecule has 1 fully saturated rings. The number of aryl methyl sites for hydroxylation is 1. The van der Waals surface area contributed by atoms with Crippen LogP contribution in [0.25, 0.3) is 0 Å². The average molecular weight is 450 g/mol. The number of hydrogen-bond acceptors (Lipinski definition) is 5. The molecule has 1 N–H and O–H groups in total. The predicted molar refractivity (Wildman–Crippen MR) is 121 cm³/mol. The van der Waals surface area contributed by atoms with Crippen LogP contribution in [0.2, 0.25) is 0 Å². The molecule has 1 aliphatic rings. The second kappa shape index (κ2) is 10.7. The zero-order valence-electron chi connectivity index (χ0n) is 18.3. The maximum absolute atomic E-state index is 14.3. The topological polar surface area (TPSA) is 61.4 Å². The van der Waals surface area contributed by atoms with Gasteiger partial charge in [0.05, 0.1) is 0 Å². The Morgan fingerprint density at radius 2 is 2.00 bits per heavy atom. The molecule has 6 nitrogen and oxygen atoms in total. The van der Waals surface area contributed by atoms with Gasteiger partial charge in [0.25, 0.3) is 0 Å². The fraction of sp³-hybridized carbons (Fsp3) is 0.500. The molecule has 168 valence electrons. The van der Waals surface area contributed by atoms with Crippen LogP contribution >= 0.6 is 11.5 Å². The second-order valence-corrected chi connectivity index (χ2v) is 8.71. The Balaban J connectivity index is 1.47. The number of amides is 2. The third-order valence-corrected chi connectivity index (χ3v) is 6.09. The minimum absolute atomic E-state index is 0.149. The Kier molecular flexibility index (Phi) is 7.95. The standard InChI is InChI=1S/C22H29F2N5OS/c1-15-25-21(31-27-15)26-22(30)29-11-6-8-16(10-12-29)7-4-5-9-18-19(23)13-17(28(2)3)14-20(18)24/h7,13-14H,4-6,8-12H2,1-3H3,(H,25,26,27,30)/b16-7-. The second-order valence-electron chi connectivity index (χ2n) is 7.95. The summed E-state index contributed by atoms with van der Waals surface area (Å²) < 4.78 is 32.6. The summed E-state index contributed by atoms with van der Waals surface area (Å²) in [6.07, 6.45) is 6.61. The molecule has 0 spiro atoms. The smallest absolute Gasteiger partial charge is 0.323 e. The van der Waals surface area contributed by atoms with E-state index in [2.05, 4.69) is 20.8 Å². The minimum atomic E-state index is -0.488. The van der Waals surface area contributed by atoms with E-state index >= 15 is 0 Å². The summed E-state index contributed by atoms with van der Waals surface area (Å²) in [6.45, 7) is 3.12. The number of hydrogen-bond donors (Lipinski definition) is 1. The molecule has 1 saturated heterocycles. The highest BCUT2D eigenvalue weighted by Crippen LogP contribution is 2.23. The van der Waals surface area contributed by atoms with Gasteiger partial charge in [0, 0.05) is 50.0 Å². The lowest BCUT2D eigenvalue weighted by Crippen LogP contribution is -2.35. The van der Waals surface area contributed by atoms with Crippen LogP contribution in [0.3, 0.4) is 0 Å². The summed E-state index contributed by atoms with van der Waals surface area (Å²) in [5, 5.41) is 3.32. The molecule has 1 aliphatic heterocycles. The van der Waals surface area contributed by atoms with Gasteiger partial charge >= 0.3 is 6.03 Å². The third-order valence-electron chi connectivity index (χ3n) is 5.36. The number of halogens is 2. The summed E-state index contributed by atoms with van der Waals surface area (Å²) in [5.41, 5.74) is 1.97. The van der Waals surface area contributed by atoms with Gasteiger partial charge in [0.2, 0.25) is 5.13 Å². The van der Waals surface area contributed by atoms with Gasteiger partial charge in [-0.1, -0.05) is 11.6 Å². The number of urea groups is 1. The molecule has 0 bridgehead atoms. The lowest BCUT2D eigenvalue weighted by atomic mass is 10.0. The number of nitrogens with zero attached hydrogens (tertiary/aromatic N) is 4. The monoisotopic (exact) mass is 449 g/mol. The van der Waals surface area contributed by atoms with E-state index < -0.39 is 11.6 Å². The summed E-state index contributed by atoms with van der Waals surface area (Å²) >= 11 is 1.18. The highest BCUT2D eigenvalue weighted by Gasteiger charge is 2.18. The van der Waals surface area contributed by atoms with Crippen molar-refractivity contribution in [1.82, 2.24) is 14.3 Å². The zero-order chi connectivity index (χ0) is 22.4. The molecule has 2 amide bonds. The molecule has 0 atom stereocenters. The number of carbonyl (C=O) groups is 1. The van der Waals surface area contributed by atoms with Gasteiger partial charge in [-0.2, -0.15) is 4.37 Å². The van der Waals surface area contributed by atoms with Gasteiger partial charge in [-0.25, -0.2) is 18.6 Å². The molecular formula is C22H29F2N5OS. The minimum Gasteiger partial charge on any atom is -0.377 e. The molecule has 1 aromatic carbocycles. The first kappa shape index (κ1) is 23.1. The molecule has 3 rings (SSSR count). The highest BCUT2D eigenvalue weighted by atomic mass is 32.1. The van der Waals surface area contributed by atoms with Crippen LogP contribution in [0.4, 0.5) is 24.4 Å². The van der Waals surface area contributed by atoms with Crippen LogP contribution < -0.4 is 10.2 Å². The van der Waals surface area contributed by atoms with E-state index in [0.29, 0.717) is 42.6 Å². The first-order valence-corrected chi connectivity index (χ1v) is 11.3. The molecule has 0 saturated carbocycles. The fourth-order valence-electron chi connectivity index (χ4n) is 3.61. The number of likely N-dealkylation sites (tertiary alicyclic amines) is 1. The van der Waals surface area contributed by atoms with E-state index in [-0.39, 0.29) is 11.6 Å². The molecule has 0 radical (unpaired) electrons. The molecule has 0 aliphatic carbocycles. The number of carbonyl (C=O) groups excluding carboxylic acids is 1. The van der Waals surface area contributed by atoms with E-state index in [1.165, 1.54) is 29.2 Å². The quantitative estimate of drug-likeness (QED) is 0.489. The number of nitrogens with one attached hydrogen (secondary N) is 1. The number of rotatable bonds is 6. The summed E-state index contributed by atoms with van der Waals surface area (Å²) in [5.74, 6) is -0.328. The van der Waals surface area contributed by atoms with Crippen molar-refractivity contribution < 1.29 is 13.6 Å². The van der Waals surface area contributed by atoms with Crippen molar-refractivity contribution in [3.05, 3.63) is 46.8 Å². The van der Waals surface area contributed by atoms with Crippen LogP contribution in [0.5, 0.6) is 0 Å². The normalized spacial score (nSPS) is 15.8. The number of benzene rings is 1.